The maximum Gasteiger partial charge on any atom is 0.119 e. The van der Waals surface area contributed by atoms with Crippen molar-refractivity contribution < 1.29 is 4.74 Å². The molecular weight excluding hydrogens is 222 g/mol. The van der Waals surface area contributed by atoms with E-state index in [1.165, 1.54) is 31.2 Å². The zero-order valence-electron chi connectivity index (χ0n) is 11.6. The fourth-order valence-electron chi connectivity index (χ4n) is 2.52. The maximum atomic E-state index is 5.52. The van der Waals surface area contributed by atoms with E-state index in [1.54, 1.807) is 0 Å². The lowest BCUT2D eigenvalue weighted by Gasteiger charge is -2.28. The average Bonchev–Trinajstić information content (AvgIpc) is 2.32. The van der Waals surface area contributed by atoms with Crippen molar-refractivity contribution in [3.8, 4) is 5.75 Å². The van der Waals surface area contributed by atoms with Crippen molar-refractivity contribution in [1.29, 1.82) is 0 Å². The van der Waals surface area contributed by atoms with E-state index in [-0.39, 0.29) is 0 Å². The third kappa shape index (κ3) is 4.02. The topological polar surface area (TPSA) is 21.3 Å². The van der Waals surface area contributed by atoms with Crippen LogP contribution >= 0.6 is 0 Å². The molecule has 1 unspecified atom stereocenters. The second kappa shape index (κ2) is 6.79. The SMILES string of the molecule is CCOc1cccc(CNC(C)CC2CCC2)c1. The van der Waals surface area contributed by atoms with Gasteiger partial charge in [-0.15, -0.1) is 0 Å². The standard InChI is InChI=1S/C16H25NO/c1-3-18-16-9-5-8-15(11-16)12-17-13(2)10-14-6-4-7-14/h5,8-9,11,13-14,17H,3-4,6-7,10,12H2,1-2H3. The van der Waals surface area contributed by atoms with E-state index < -0.39 is 0 Å². The smallest absolute Gasteiger partial charge is 0.119 e. The Morgan fingerprint density at radius 3 is 2.89 bits per heavy atom. The molecule has 1 N–H and O–H groups in total. The molecule has 2 heteroatoms. The Labute approximate surface area is 111 Å². The summed E-state index contributed by atoms with van der Waals surface area (Å²) in [4.78, 5) is 0. The highest BCUT2D eigenvalue weighted by Crippen LogP contribution is 2.30. The predicted molar refractivity (Wildman–Crippen MR) is 75.9 cm³/mol. The summed E-state index contributed by atoms with van der Waals surface area (Å²) < 4.78 is 5.52. The van der Waals surface area contributed by atoms with E-state index in [2.05, 4.69) is 30.4 Å². The minimum atomic E-state index is 0.617. The van der Waals surface area contributed by atoms with Crippen molar-refractivity contribution >= 4 is 0 Å². The van der Waals surface area contributed by atoms with Crippen LogP contribution in [0.3, 0.4) is 0 Å². The molecule has 1 aliphatic carbocycles. The number of ether oxygens (including phenoxy) is 1. The Kier molecular flexibility index (Phi) is 5.06. The highest BCUT2D eigenvalue weighted by Gasteiger charge is 2.19. The number of rotatable bonds is 7. The molecule has 0 radical (unpaired) electrons. The Balaban J connectivity index is 1.75. The van der Waals surface area contributed by atoms with E-state index in [0.717, 1.165) is 24.8 Å². The zero-order valence-corrected chi connectivity index (χ0v) is 11.6. The average molecular weight is 247 g/mol. The van der Waals surface area contributed by atoms with Crippen LogP contribution in [0.4, 0.5) is 0 Å². The molecule has 2 nitrogen and oxygen atoms in total. The van der Waals surface area contributed by atoms with Crippen molar-refractivity contribution in [2.75, 3.05) is 6.61 Å². The largest absolute Gasteiger partial charge is 0.494 e. The first-order chi connectivity index (χ1) is 8.78. The van der Waals surface area contributed by atoms with Gasteiger partial charge in [0.2, 0.25) is 0 Å². The summed E-state index contributed by atoms with van der Waals surface area (Å²) in [6, 6.07) is 8.99. The molecule has 0 heterocycles. The monoisotopic (exact) mass is 247 g/mol. The van der Waals surface area contributed by atoms with Crippen molar-refractivity contribution in [3.63, 3.8) is 0 Å². The second-order valence-electron chi connectivity index (χ2n) is 5.39. The molecule has 1 fully saturated rings. The summed E-state index contributed by atoms with van der Waals surface area (Å²) in [5, 5.41) is 3.61. The van der Waals surface area contributed by atoms with Crippen LogP contribution in [-0.4, -0.2) is 12.6 Å². The molecule has 18 heavy (non-hydrogen) atoms. The van der Waals surface area contributed by atoms with Gasteiger partial charge in [-0.25, -0.2) is 0 Å². The zero-order chi connectivity index (χ0) is 12.8. The van der Waals surface area contributed by atoms with Gasteiger partial charge in [0.05, 0.1) is 6.61 Å². The van der Waals surface area contributed by atoms with Crippen molar-refractivity contribution in [1.82, 2.24) is 5.32 Å². The van der Waals surface area contributed by atoms with Crippen LogP contribution in [0.5, 0.6) is 5.75 Å². The first-order valence-corrected chi connectivity index (χ1v) is 7.23. The third-order valence-corrected chi connectivity index (χ3v) is 3.78. The molecular formula is C16H25NO. The van der Waals surface area contributed by atoms with E-state index in [1.807, 2.05) is 13.0 Å². The summed E-state index contributed by atoms with van der Waals surface area (Å²) in [6.45, 7) is 5.99. The molecule has 0 saturated heterocycles. The summed E-state index contributed by atoms with van der Waals surface area (Å²) in [5.74, 6) is 1.95. The van der Waals surface area contributed by atoms with Gasteiger partial charge in [0.25, 0.3) is 0 Å². The van der Waals surface area contributed by atoms with E-state index in [9.17, 15) is 0 Å². The minimum absolute atomic E-state index is 0.617. The summed E-state index contributed by atoms with van der Waals surface area (Å²) in [7, 11) is 0. The molecule has 0 aromatic heterocycles. The minimum Gasteiger partial charge on any atom is -0.494 e. The molecule has 1 atom stereocenters. The van der Waals surface area contributed by atoms with Gasteiger partial charge in [-0.2, -0.15) is 0 Å². The molecule has 1 aromatic carbocycles. The highest BCUT2D eigenvalue weighted by atomic mass is 16.5. The lowest BCUT2D eigenvalue weighted by Crippen LogP contribution is -2.29. The van der Waals surface area contributed by atoms with E-state index in [0.29, 0.717) is 6.04 Å². The van der Waals surface area contributed by atoms with E-state index in [4.69, 9.17) is 4.74 Å². The Morgan fingerprint density at radius 2 is 2.22 bits per heavy atom. The molecule has 0 spiro atoms. The van der Waals surface area contributed by atoms with Crippen LogP contribution in [0.25, 0.3) is 0 Å². The quantitative estimate of drug-likeness (QED) is 0.792. The summed E-state index contributed by atoms with van der Waals surface area (Å²) in [6.07, 6.45) is 5.64. The Bertz CT molecular complexity index is 360. The van der Waals surface area contributed by atoms with Gasteiger partial charge in [0.1, 0.15) is 5.75 Å². The molecule has 1 saturated carbocycles. The Hall–Kier alpha value is -1.02. The molecule has 1 aromatic rings. The molecule has 100 valence electrons. The van der Waals surface area contributed by atoms with Gasteiger partial charge in [-0.1, -0.05) is 31.4 Å². The third-order valence-electron chi connectivity index (χ3n) is 3.78. The van der Waals surface area contributed by atoms with Crippen LogP contribution in [0, 0.1) is 5.92 Å². The number of benzene rings is 1. The van der Waals surface area contributed by atoms with Gasteiger partial charge >= 0.3 is 0 Å². The summed E-state index contributed by atoms with van der Waals surface area (Å²) in [5.41, 5.74) is 1.31. The molecule has 0 amide bonds. The number of nitrogens with one attached hydrogen (secondary N) is 1. The number of hydrogen-bond donors (Lipinski definition) is 1. The predicted octanol–water partition coefficient (Wildman–Crippen LogP) is 3.75. The lowest BCUT2D eigenvalue weighted by atomic mass is 9.81. The normalized spacial score (nSPS) is 17.2. The lowest BCUT2D eigenvalue weighted by molar-refractivity contribution is 0.265. The molecule has 0 aliphatic heterocycles. The van der Waals surface area contributed by atoms with Crippen LogP contribution in [0.1, 0.15) is 45.1 Å². The second-order valence-corrected chi connectivity index (χ2v) is 5.39. The van der Waals surface area contributed by atoms with Crippen molar-refractivity contribution in [2.24, 2.45) is 5.92 Å². The summed E-state index contributed by atoms with van der Waals surface area (Å²) >= 11 is 0. The van der Waals surface area contributed by atoms with Gasteiger partial charge in [0, 0.05) is 12.6 Å². The van der Waals surface area contributed by atoms with E-state index >= 15 is 0 Å². The van der Waals surface area contributed by atoms with Gasteiger partial charge in [0.15, 0.2) is 0 Å². The number of hydrogen-bond acceptors (Lipinski definition) is 2. The molecule has 0 bridgehead atoms. The first-order valence-electron chi connectivity index (χ1n) is 7.23. The van der Waals surface area contributed by atoms with Crippen LogP contribution < -0.4 is 10.1 Å². The molecule has 2 rings (SSSR count). The molecule has 1 aliphatic rings. The Morgan fingerprint density at radius 1 is 1.39 bits per heavy atom. The van der Waals surface area contributed by atoms with Crippen LogP contribution in [-0.2, 0) is 6.54 Å². The van der Waals surface area contributed by atoms with Crippen LogP contribution in [0.15, 0.2) is 24.3 Å². The van der Waals surface area contributed by atoms with Crippen molar-refractivity contribution in [2.45, 2.75) is 52.1 Å². The fraction of sp³-hybridized carbons (Fsp3) is 0.625. The fourth-order valence-corrected chi connectivity index (χ4v) is 2.52. The highest BCUT2D eigenvalue weighted by molar-refractivity contribution is 5.28. The van der Waals surface area contributed by atoms with Gasteiger partial charge in [-0.05, 0) is 43.9 Å². The first kappa shape index (κ1) is 13.4. The van der Waals surface area contributed by atoms with Crippen LogP contribution in [0.2, 0.25) is 0 Å². The van der Waals surface area contributed by atoms with Crippen molar-refractivity contribution in [3.05, 3.63) is 29.8 Å². The maximum absolute atomic E-state index is 5.52. The van der Waals surface area contributed by atoms with Gasteiger partial charge < -0.3 is 10.1 Å². The van der Waals surface area contributed by atoms with Gasteiger partial charge in [-0.3, -0.25) is 0 Å².